The Morgan fingerprint density at radius 1 is 1.38 bits per heavy atom. The quantitative estimate of drug-likeness (QED) is 0.354. The molecule has 0 aliphatic carbocycles. The summed E-state index contributed by atoms with van der Waals surface area (Å²) in [4.78, 5) is 7.24. The van der Waals surface area contributed by atoms with E-state index in [1.165, 1.54) is 6.20 Å². The summed E-state index contributed by atoms with van der Waals surface area (Å²) in [7, 11) is 10.4. The van der Waals surface area contributed by atoms with E-state index in [4.69, 9.17) is 15.7 Å². The van der Waals surface area contributed by atoms with Crippen LogP contribution in [0.1, 0.15) is 0 Å². The summed E-state index contributed by atoms with van der Waals surface area (Å²) in [5.74, 6) is 0. The SMILES string of the molecule is [B]c1ccnc([B])n1. The van der Waals surface area contributed by atoms with Gasteiger partial charge in [0.2, 0.25) is 0 Å². The highest BCUT2D eigenvalue weighted by Gasteiger charge is 1.83. The lowest BCUT2D eigenvalue weighted by molar-refractivity contribution is 1.27. The number of hydrogen-bond donors (Lipinski definition) is 0. The normalized spacial score (nSPS) is 9.00. The molecule has 1 rings (SSSR count). The van der Waals surface area contributed by atoms with Crippen molar-refractivity contribution >= 4 is 27.0 Å². The second-order valence-electron chi connectivity index (χ2n) is 1.34. The average molecular weight is 99.7 g/mol. The maximum atomic E-state index is 5.23. The fourth-order valence-electron chi connectivity index (χ4n) is 0.388. The van der Waals surface area contributed by atoms with Gasteiger partial charge in [-0.2, -0.15) is 0 Å². The van der Waals surface area contributed by atoms with E-state index in [1.807, 2.05) is 0 Å². The predicted octanol–water partition coefficient (Wildman–Crippen LogP) is -1.94. The van der Waals surface area contributed by atoms with Gasteiger partial charge in [-0.25, -0.2) is 0 Å². The molecule has 0 spiro atoms. The number of nitrogens with zero attached hydrogens (tertiary/aromatic N) is 2. The topological polar surface area (TPSA) is 25.8 Å². The lowest BCUT2D eigenvalue weighted by Crippen LogP contribution is -2.22. The van der Waals surface area contributed by atoms with Crippen molar-refractivity contribution in [2.45, 2.75) is 0 Å². The van der Waals surface area contributed by atoms with Crippen molar-refractivity contribution in [3.8, 4) is 0 Å². The maximum absolute atomic E-state index is 5.23. The summed E-state index contributed by atoms with van der Waals surface area (Å²) in [6, 6.07) is 1.58. The van der Waals surface area contributed by atoms with Crippen molar-refractivity contribution in [3.63, 3.8) is 0 Å². The van der Waals surface area contributed by atoms with Gasteiger partial charge in [-0.3, -0.25) is 9.97 Å². The zero-order chi connectivity index (χ0) is 5.98. The fraction of sp³-hybridized carbons (Fsp3) is 0. The first-order valence-electron chi connectivity index (χ1n) is 2.13. The van der Waals surface area contributed by atoms with Crippen LogP contribution in [-0.2, 0) is 0 Å². The first-order valence-corrected chi connectivity index (χ1v) is 2.13. The first kappa shape index (κ1) is 5.35. The molecule has 0 N–H and O–H groups in total. The third-order valence-corrected chi connectivity index (χ3v) is 0.696. The highest BCUT2D eigenvalue weighted by Crippen LogP contribution is 1.60. The van der Waals surface area contributed by atoms with Crippen LogP contribution in [0.2, 0.25) is 0 Å². The Balaban J connectivity index is 3.08. The Hall–Kier alpha value is -0.790. The van der Waals surface area contributed by atoms with E-state index in [2.05, 4.69) is 9.97 Å². The van der Waals surface area contributed by atoms with Gasteiger partial charge >= 0.3 is 0 Å². The van der Waals surface area contributed by atoms with E-state index < -0.39 is 0 Å². The lowest BCUT2D eigenvalue weighted by Gasteiger charge is -1.90. The molecular formula is C4H2B2N2. The minimum atomic E-state index is 0.213. The van der Waals surface area contributed by atoms with Crippen molar-refractivity contribution in [3.05, 3.63) is 12.3 Å². The van der Waals surface area contributed by atoms with Crippen LogP contribution in [0.25, 0.3) is 0 Å². The summed E-state index contributed by atoms with van der Waals surface area (Å²) in [6.07, 6.45) is 1.51. The molecule has 4 radical (unpaired) electrons. The van der Waals surface area contributed by atoms with E-state index in [1.54, 1.807) is 6.07 Å². The third-order valence-electron chi connectivity index (χ3n) is 0.696. The molecule has 8 heavy (non-hydrogen) atoms. The summed E-state index contributed by atoms with van der Waals surface area (Å²) in [6.45, 7) is 0. The van der Waals surface area contributed by atoms with Crippen LogP contribution in [0.3, 0.4) is 0 Å². The molecule has 0 fully saturated rings. The molecule has 0 unspecified atom stereocenters. The van der Waals surface area contributed by atoms with Crippen molar-refractivity contribution in [2.24, 2.45) is 0 Å². The smallest absolute Gasteiger partial charge is 0.170 e. The van der Waals surface area contributed by atoms with E-state index in [0.717, 1.165) is 0 Å². The molecule has 0 aliphatic heterocycles. The summed E-state index contributed by atoms with van der Waals surface area (Å²) < 4.78 is 0. The molecule has 0 aromatic carbocycles. The van der Waals surface area contributed by atoms with Gasteiger partial charge in [0.25, 0.3) is 0 Å². The monoisotopic (exact) mass is 100 g/mol. The zero-order valence-electron chi connectivity index (χ0n) is 4.20. The van der Waals surface area contributed by atoms with Crippen LogP contribution in [-0.4, -0.2) is 25.7 Å². The molecular weight excluding hydrogens is 97.7 g/mol. The van der Waals surface area contributed by atoms with Gasteiger partial charge in [0.1, 0.15) is 7.85 Å². The minimum Gasteiger partial charge on any atom is -0.262 e. The number of hydrogen-bond acceptors (Lipinski definition) is 2. The van der Waals surface area contributed by atoms with E-state index >= 15 is 0 Å². The summed E-state index contributed by atoms with van der Waals surface area (Å²) in [5, 5.41) is 0. The molecule has 2 nitrogen and oxygen atoms in total. The van der Waals surface area contributed by atoms with E-state index in [0.29, 0.717) is 5.59 Å². The van der Waals surface area contributed by atoms with Crippen LogP contribution < -0.4 is 11.3 Å². The predicted molar refractivity (Wildman–Crippen MR) is 32.8 cm³/mol. The summed E-state index contributed by atoms with van der Waals surface area (Å²) in [5.41, 5.74) is 0.613. The van der Waals surface area contributed by atoms with Gasteiger partial charge in [0.15, 0.2) is 7.85 Å². The standard InChI is InChI=1S/C4H2B2N2/c5-3-1-2-7-4(6)8-3/h1-2H. The first-order chi connectivity index (χ1) is 3.79. The third kappa shape index (κ3) is 1.09. The fourth-order valence-corrected chi connectivity index (χ4v) is 0.388. The minimum absolute atomic E-state index is 0.213. The van der Waals surface area contributed by atoms with Crippen LogP contribution in [0, 0.1) is 0 Å². The molecule has 1 heterocycles. The highest BCUT2D eigenvalue weighted by molar-refractivity contribution is 6.33. The molecule has 0 atom stereocenters. The largest absolute Gasteiger partial charge is 0.262 e. The second kappa shape index (κ2) is 1.99. The maximum Gasteiger partial charge on any atom is 0.170 e. The summed E-state index contributed by atoms with van der Waals surface area (Å²) >= 11 is 0. The highest BCUT2D eigenvalue weighted by atomic mass is 14.8. The molecule has 0 aliphatic rings. The van der Waals surface area contributed by atoms with E-state index in [9.17, 15) is 0 Å². The Bertz CT molecular complexity index is 172. The molecule has 1 aromatic heterocycles. The molecule has 34 valence electrons. The average Bonchev–Trinajstić information content (AvgIpc) is 1.64. The lowest BCUT2D eigenvalue weighted by atomic mass is 10.0. The van der Waals surface area contributed by atoms with Gasteiger partial charge in [0.05, 0.1) is 5.72 Å². The van der Waals surface area contributed by atoms with Crippen molar-refractivity contribution < 1.29 is 0 Å². The van der Waals surface area contributed by atoms with E-state index in [-0.39, 0.29) is 5.72 Å². The molecule has 0 saturated carbocycles. The van der Waals surface area contributed by atoms with Crippen molar-refractivity contribution in [1.29, 1.82) is 0 Å². The number of rotatable bonds is 0. The van der Waals surface area contributed by atoms with Crippen molar-refractivity contribution in [1.82, 2.24) is 9.97 Å². The van der Waals surface area contributed by atoms with Gasteiger partial charge < -0.3 is 0 Å². The molecule has 1 aromatic rings. The van der Waals surface area contributed by atoms with Crippen LogP contribution in [0.5, 0.6) is 0 Å². The van der Waals surface area contributed by atoms with Gasteiger partial charge in [-0.1, -0.05) is 0 Å². The molecule has 4 heteroatoms. The van der Waals surface area contributed by atoms with Crippen LogP contribution in [0.15, 0.2) is 12.3 Å². The number of aromatic nitrogens is 2. The Labute approximate surface area is 50.2 Å². The van der Waals surface area contributed by atoms with Gasteiger partial charge in [-0.05, 0) is 11.7 Å². The molecule has 0 bridgehead atoms. The Morgan fingerprint density at radius 2 is 2.12 bits per heavy atom. The van der Waals surface area contributed by atoms with Crippen LogP contribution in [0.4, 0.5) is 0 Å². The Morgan fingerprint density at radius 3 is 2.50 bits per heavy atom. The van der Waals surface area contributed by atoms with Crippen LogP contribution >= 0.6 is 0 Å². The second-order valence-corrected chi connectivity index (χ2v) is 1.34. The zero-order valence-corrected chi connectivity index (χ0v) is 4.20. The van der Waals surface area contributed by atoms with Crippen molar-refractivity contribution in [2.75, 3.05) is 0 Å². The van der Waals surface area contributed by atoms with Gasteiger partial charge in [-0.15, -0.1) is 0 Å². The Kier molecular flexibility index (Phi) is 1.33. The molecule has 0 saturated heterocycles. The van der Waals surface area contributed by atoms with Gasteiger partial charge in [0, 0.05) is 6.20 Å². The molecule has 0 amide bonds.